The van der Waals surface area contributed by atoms with Crippen LogP contribution in [0.1, 0.15) is 11.3 Å². The molecule has 0 unspecified atom stereocenters. The number of hydrogen-bond acceptors (Lipinski definition) is 4. The van der Waals surface area contributed by atoms with Gasteiger partial charge < -0.3 is 4.98 Å². The molecule has 2 aromatic carbocycles. The van der Waals surface area contributed by atoms with E-state index in [2.05, 4.69) is 20.5 Å². The average Bonchev–Trinajstić information content (AvgIpc) is 3.30. The van der Waals surface area contributed by atoms with Crippen LogP contribution in [0.2, 0.25) is 0 Å². The number of rotatable bonds is 5. The molecule has 0 saturated heterocycles. The molecule has 27 heavy (non-hydrogen) atoms. The Balaban J connectivity index is 1.37. The number of halogens is 1. The summed E-state index contributed by atoms with van der Waals surface area (Å²) >= 11 is 1.42. The fraction of sp³-hybridized carbons (Fsp3) is 0.0500. The minimum Gasteiger partial charge on any atom is -0.361 e. The molecule has 0 bridgehead atoms. The smallest absolute Gasteiger partial charge is 0.246 e. The van der Waals surface area contributed by atoms with Crippen molar-refractivity contribution in [3.8, 4) is 10.6 Å². The molecule has 2 heterocycles. The lowest BCUT2D eigenvalue weighted by Gasteiger charge is -1.97. The summed E-state index contributed by atoms with van der Waals surface area (Å²) in [4.78, 5) is 19.7. The first kappa shape index (κ1) is 17.1. The molecular formula is C20H15FN4OS. The van der Waals surface area contributed by atoms with Crippen molar-refractivity contribution in [3.63, 3.8) is 0 Å². The number of amides is 1. The molecule has 134 valence electrons. The number of thiazole rings is 1. The lowest BCUT2D eigenvalue weighted by molar-refractivity contribution is -0.120. The standard InChI is InChI=1S/C20H15FN4OS/c21-15-7-5-13(6-8-15)20-24-16(12-27-20)9-19(26)25-23-11-14-10-22-18-4-2-1-3-17(14)18/h1-8,10-12,22H,9H2,(H,25,26)/b23-11+. The van der Waals surface area contributed by atoms with Gasteiger partial charge in [-0.1, -0.05) is 18.2 Å². The molecule has 0 atom stereocenters. The van der Waals surface area contributed by atoms with E-state index in [0.29, 0.717) is 5.69 Å². The molecule has 0 aliphatic heterocycles. The quantitative estimate of drug-likeness (QED) is 0.405. The van der Waals surface area contributed by atoms with Gasteiger partial charge in [0.15, 0.2) is 0 Å². The molecule has 4 aromatic rings. The van der Waals surface area contributed by atoms with Crippen LogP contribution < -0.4 is 5.43 Å². The summed E-state index contributed by atoms with van der Waals surface area (Å²) in [5.41, 5.74) is 5.91. The van der Waals surface area contributed by atoms with E-state index < -0.39 is 0 Å². The van der Waals surface area contributed by atoms with Gasteiger partial charge in [-0.3, -0.25) is 4.79 Å². The molecule has 0 aliphatic rings. The molecule has 2 aromatic heterocycles. The van der Waals surface area contributed by atoms with Crippen LogP contribution in [-0.4, -0.2) is 22.1 Å². The van der Waals surface area contributed by atoms with Crippen LogP contribution in [0.25, 0.3) is 21.5 Å². The number of hydrazone groups is 1. The van der Waals surface area contributed by atoms with E-state index >= 15 is 0 Å². The fourth-order valence-corrected chi connectivity index (χ4v) is 3.52. The molecule has 0 radical (unpaired) electrons. The number of fused-ring (bicyclic) bond motifs is 1. The van der Waals surface area contributed by atoms with Gasteiger partial charge in [-0.25, -0.2) is 14.8 Å². The van der Waals surface area contributed by atoms with E-state index in [9.17, 15) is 9.18 Å². The summed E-state index contributed by atoms with van der Waals surface area (Å²) in [6.07, 6.45) is 3.58. The Morgan fingerprint density at radius 3 is 2.89 bits per heavy atom. The van der Waals surface area contributed by atoms with Crippen molar-refractivity contribution in [2.24, 2.45) is 5.10 Å². The van der Waals surface area contributed by atoms with E-state index in [1.165, 1.54) is 23.5 Å². The Kier molecular flexibility index (Phi) is 4.76. The maximum atomic E-state index is 13.0. The van der Waals surface area contributed by atoms with Gasteiger partial charge in [0.05, 0.1) is 18.3 Å². The topological polar surface area (TPSA) is 70.1 Å². The van der Waals surface area contributed by atoms with Crippen LogP contribution in [0.4, 0.5) is 4.39 Å². The first-order valence-corrected chi connectivity index (χ1v) is 9.15. The molecule has 0 fully saturated rings. The summed E-state index contributed by atoms with van der Waals surface area (Å²) in [6.45, 7) is 0. The van der Waals surface area contributed by atoms with Gasteiger partial charge in [-0.15, -0.1) is 11.3 Å². The summed E-state index contributed by atoms with van der Waals surface area (Å²) in [5.74, 6) is -0.537. The van der Waals surface area contributed by atoms with Gasteiger partial charge in [0.1, 0.15) is 10.8 Å². The third-order valence-corrected chi connectivity index (χ3v) is 4.94. The molecular weight excluding hydrogens is 363 g/mol. The van der Waals surface area contributed by atoms with Crippen LogP contribution in [0, 0.1) is 5.82 Å². The van der Waals surface area contributed by atoms with Crippen LogP contribution in [-0.2, 0) is 11.2 Å². The van der Waals surface area contributed by atoms with Crippen molar-refractivity contribution < 1.29 is 9.18 Å². The van der Waals surface area contributed by atoms with Gasteiger partial charge in [-0.2, -0.15) is 5.10 Å². The number of nitrogens with one attached hydrogen (secondary N) is 2. The normalized spacial score (nSPS) is 11.3. The van der Waals surface area contributed by atoms with Crippen molar-refractivity contribution in [2.75, 3.05) is 0 Å². The number of carbonyl (C=O) groups is 1. The summed E-state index contributed by atoms with van der Waals surface area (Å²) in [7, 11) is 0. The van der Waals surface area contributed by atoms with Gasteiger partial charge in [0.2, 0.25) is 5.91 Å². The monoisotopic (exact) mass is 378 g/mol. The average molecular weight is 378 g/mol. The minimum atomic E-state index is -0.289. The molecule has 0 spiro atoms. The lowest BCUT2D eigenvalue weighted by Crippen LogP contribution is -2.19. The highest BCUT2D eigenvalue weighted by atomic mass is 32.1. The van der Waals surface area contributed by atoms with E-state index in [0.717, 1.165) is 27.0 Å². The van der Waals surface area contributed by atoms with Crippen molar-refractivity contribution in [2.45, 2.75) is 6.42 Å². The minimum absolute atomic E-state index is 0.128. The van der Waals surface area contributed by atoms with Crippen molar-refractivity contribution >= 4 is 34.4 Å². The molecule has 7 heteroatoms. The summed E-state index contributed by atoms with van der Waals surface area (Å²) < 4.78 is 13.0. The predicted molar refractivity (Wildman–Crippen MR) is 105 cm³/mol. The number of hydrogen-bond donors (Lipinski definition) is 2. The van der Waals surface area contributed by atoms with E-state index in [-0.39, 0.29) is 18.1 Å². The van der Waals surface area contributed by atoms with Crippen LogP contribution in [0.5, 0.6) is 0 Å². The Morgan fingerprint density at radius 1 is 1.22 bits per heavy atom. The Bertz CT molecular complexity index is 1110. The van der Waals surface area contributed by atoms with E-state index in [1.807, 2.05) is 35.8 Å². The summed E-state index contributed by atoms with van der Waals surface area (Å²) in [6, 6.07) is 14.0. The van der Waals surface area contributed by atoms with Gasteiger partial charge >= 0.3 is 0 Å². The first-order valence-electron chi connectivity index (χ1n) is 8.27. The van der Waals surface area contributed by atoms with E-state index in [4.69, 9.17) is 0 Å². The second-order valence-electron chi connectivity index (χ2n) is 5.91. The zero-order valence-electron chi connectivity index (χ0n) is 14.1. The number of aromatic amines is 1. The second-order valence-corrected chi connectivity index (χ2v) is 6.77. The highest BCUT2D eigenvalue weighted by molar-refractivity contribution is 7.13. The molecule has 4 rings (SSSR count). The number of nitrogens with zero attached hydrogens (tertiary/aromatic N) is 2. The first-order chi connectivity index (χ1) is 13.2. The number of carbonyl (C=O) groups excluding carboxylic acids is 1. The van der Waals surface area contributed by atoms with Crippen LogP contribution in [0.3, 0.4) is 0 Å². The molecule has 2 N–H and O–H groups in total. The predicted octanol–water partition coefficient (Wildman–Crippen LogP) is 4.12. The van der Waals surface area contributed by atoms with Crippen LogP contribution in [0.15, 0.2) is 65.2 Å². The second kappa shape index (κ2) is 7.51. The lowest BCUT2D eigenvalue weighted by atomic mass is 10.2. The molecule has 1 amide bonds. The zero-order chi connectivity index (χ0) is 18.6. The van der Waals surface area contributed by atoms with Crippen molar-refractivity contribution in [3.05, 3.63) is 77.2 Å². The Morgan fingerprint density at radius 2 is 2.04 bits per heavy atom. The van der Waals surface area contributed by atoms with Gasteiger partial charge in [0, 0.05) is 33.6 Å². The fourth-order valence-electron chi connectivity index (χ4n) is 2.69. The molecule has 5 nitrogen and oxygen atoms in total. The van der Waals surface area contributed by atoms with Crippen molar-refractivity contribution in [1.29, 1.82) is 0 Å². The number of para-hydroxylation sites is 1. The molecule has 0 saturated carbocycles. The van der Waals surface area contributed by atoms with Gasteiger partial charge in [-0.05, 0) is 30.3 Å². The maximum Gasteiger partial charge on any atom is 0.246 e. The van der Waals surface area contributed by atoms with Gasteiger partial charge in [0.25, 0.3) is 0 Å². The largest absolute Gasteiger partial charge is 0.361 e. The highest BCUT2D eigenvalue weighted by Crippen LogP contribution is 2.24. The van der Waals surface area contributed by atoms with Crippen LogP contribution >= 0.6 is 11.3 Å². The number of benzene rings is 2. The maximum absolute atomic E-state index is 13.0. The molecule has 0 aliphatic carbocycles. The Labute approximate surface area is 158 Å². The zero-order valence-corrected chi connectivity index (χ0v) is 15.0. The Hall–Kier alpha value is -3.32. The summed E-state index contributed by atoms with van der Waals surface area (Å²) in [5, 5.41) is 7.64. The third kappa shape index (κ3) is 3.93. The SMILES string of the molecule is O=C(Cc1csc(-c2ccc(F)cc2)n1)N/N=C/c1c[nH]c2ccccc12. The van der Waals surface area contributed by atoms with E-state index in [1.54, 1.807) is 18.3 Å². The third-order valence-electron chi connectivity index (χ3n) is 4.00. The number of aromatic nitrogens is 2. The highest BCUT2D eigenvalue weighted by Gasteiger charge is 2.09. The number of H-pyrrole nitrogens is 1. The van der Waals surface area contributed by atoms with Crippen molar-refractivity contribution in [1.82, 2.24) is 15.4 Å².